The normalized spacial score (nSPS) is 11.9. The number of hydrogen-bond donors (Lipinski definition) is 2. The van der Waals surface area contributed by atoms with Crippen molar-refractivity contribution in [2.24, 2.45) is 4.36 Å². The summed E-state index contributed by atoms with van der Waals surface area (Å²) < 4.78 is 15.5. The van der Waals surface area contributed by atoms with Gasteiger partial charge in [0.2, 0.25) is 0 Å². The van der Waals surface area contributed by atoms with Crippen molar-refractivity contribution in [3.63, 3.8) is 0 Å². The Morgan fingerprint density at radius 1 is 1.26 bits per heavy atom. The van der Waals surface area contributed by atoms with Crippen LogP contribution >= 0.6 is 0 Å². The number of hydrogen-bond acceptors (Lipinski definition) is 4. The number of nitrogens with one attached hydrogen (secondary N) is 2. The van der Waals surface area contributed by atoms with Gasteiger partial charge in [-0.15, -0.1) is 5.10 Å². The second-order valence-corrected chi connectivity index (χ2v) is 7.07. The standard InChI is InChI=1S/C12H13N5OS/c1-19(2,18)17-12-14-11(15-16-12)10-7-8-5-3-4-6-9(8)13-10/h3-7,13H,1-2H3,(H,14,15,16). The summed E-state index contributed by atoms with van der Waals surface area (Å²) in [7, 11) is -2.25. The van der Waals surface area contributed by atoms with E-state index in [1.165, 1.54) is 0 Å². The van der Waals surface area contributed by atoms with Crippen LogP contribution in [0.4, 0.5) is 5.95 Å². The third kappa shape index (κ3) is 2.50. The van der Waals surface area contributed by atoms with Gasteiger partial charge in [-0.25, -0.2) is 4.21 Å². The number of fused-ring (bicyclic) bond motifs is 1. The zero-order valence-corrected chi connectivity index (χ0v) is 11.4. The molecule has 2 aromatic heterocycles. The molecule has 0 saturated carbocycles. The van der Waals surface area contributed by atoms with Crippen LogP contribution in [0, 0.1) is 0 Å². The van der Waals surface area contributed by atoms with Crippen molar-refractivity contribution in [1.82, 2.24) is 20.2 Å². The summed E-state index contributed by atoms with van der Waals surface area (Å²) >= 11 is 0. The monoisotopic (exact) mass is 275 g/mol. The number of aromatic nitrogens is 4. The van der Waals surface area contributed by atoms with Gasteiger partial charge in [-0.05, 0) is 12.1 Å². The van der Waals surface area contributed by atoms with Gasteiger partial charge >= 0.3 is 0 Å². The van der Waals surface area contributed by atoms with E-state index in [1.807, 2.05) is 30.3 Å². The molecule has 0 saturated heterocycles. The van der Waals surface area contributed by atoms with Crippen LogP contribution in [-0.2, 0) is 9.73 Å². The van der Waals surface area contributed by atoms with E-state index >= 15 is 0 Å². The van der Waals surface area contributed by atoms with E-state index < -0.39 is 9.73 Å². The van der Waals surface area contributed by atoms with Crippen LogP contribution in [0.25, 0.3) is 22.4 Å². The van der Waals surface area contributed by atoms with E-state index in [4.69, 9.17) is 0 Å². The van der Waals surface area contributed by atoms with Crippen LogP contribution in [0.2, 0.25) is 0 Å². The van der Waals surface area contributed by atoms with E-state index in [0.29, 0.717) is 5.82 Å². The van der Waals surface area contributed by atoms with Gasteiger partial charge in [-0.3, -0.25) is 5.10 Å². The fraction of sp³-hybridized carbons (Fsp3) is 0.167. The lowest BCUT2D eigenvalue weighted by molar-refractivity contribution is 0.684. The Balaban J connectivity index is 2.05. The molecule has 6 nitrogen and oxygen atoms in total. The number of rotatable bonds is 2. The quantitative estimate of drug-likeness (QED) is 0.752. The Morgan fingerprint density at radius 3 is 2.79 bits per heavy atom. The predicted molar refractivity (Wildman–Crippen MR) is 75.8 cm³/mol. The first-order chi connectivity index (χ1) is 9.01. The predicted octanol–water partition coefficient (Wildman–Crippen LogP) is 2.31. The van der Waals surface area contributed by atoms with Crippen molar-refractivity contribution < 1.29 is 4.21 Å². The molecular formula is C12H13N5OS. The number of nitrogens with zero attached hydrogens (tertiary/aromatic N) is 3. The van der Waals surface area contributed by atoms with Crippen molar-refractivity contribution in [3.8, 4) is 11.5 Å². The van der Waals surface area contributed by atoms with Gasteiger partial charge < -0.3 is 4.98 Å². The summed E-state index contributed by atoms with van der Waals surface area (Å²) in [6.45, 7) is 0. The Hall–Kier alpha value is -2.15. The molecule has 0 spiro atoms. The van der Waals surface area contributed by atoms with E-state index in [-0.39, 0.29) is 5.95 Å². The molecule has 2 N–H and O–H groups in total. The van der Waals surface area contributed by atoms with Crippen molar-refractivity contribution in [3.05, 3.63) is 30.3 Å². The average molecular weight is 275 g/mol. The topological polar surface area (TPSA) is 86.8 Å². The van der Waals surface area contributed by atoms with Gasteiger partial charge in [0.1, 0.15) is 0 Å². The van der Waals surface area contributed by atoms with Crippen LogP contribution in [0.1, 0.15) is 0 Å². The summed E-state index contributed by atoms with van der Waals surface area (Å²) in [5.74, 6) is 0.794. The molecule has 19 heavy (non-hydrogen) atoms. The highest BCUT2D eigenvalue weighted by molar-refractivity contribution is 7.92. The summed E-state index contributed by atoms with van der Waals surface area (Å²) in [4.78, 5) is 7.46. The fourth-order valence-corrected chi connectivity index (χ4v) is 2.29. The molecule has 0 aliphatic rings. The molecule has 2 heterocycles. The molecule has 0 fully saturated rings. The minimum absolute atomic E-state index is 0.212. The second kappa shape index (κ2) is 4.20. The van der Waals surface area contributed by atoms with Crippen LogP contribution in [0.3, 0.4) is 0 Å². The van der Waals surface area contributed by atoms with Gasteiger partial charge in [0.05, 0.1) is 5.69 Å². The van der Waals surface area contributed by atoms with Crippen LogP contribution in [-0.4, -0.2) is 36.9 Å². The minimum Gasteiger partial charge on any atom is -0.352 e. The number of aromatic amines is 2. The van der Waals surface area contributed by atoms with Crippen LogP contribution in [0.15, 0.2) is 34.7 Å². The lowest BCUT2D eigenvalue weighted by atomic mass is 10.2. The van der Waals surface area contributed by atoms with Gasteiger partial charge in [-0.1, -0.05) is 18.2 Å². The zero-order chi connectivity index (χ0) is 13.5. The van der Waals surface area contributed by atoms with E-state index in [1.54, 1.807) is 12.5 Å². The van der Waals surface area contributed by atoms with Crippen LogP contribution in [0.5, 0.6) is 0 Å². The molecule has 0 atom stereocenters. The first-order valence-electron chi connectivity index (χ1n) is 5.69. The summed E-state index contributed by atoms with van der Waals surface area (Å²) in [6, 6.07) is 9.93. The molecule has 98 valence electrons. The third-order valence-electron chi connectivity index (χ3n) is 2.56. The summed E-state index contributed by atoms with van der Waals surface area (Å²) in [5, 5.41) is 7.84. The molecule has 7 heteroatoms. The Kier molecular flexibility index (Phi) is 2.63. The summed E-state index contributed by atoms with van der Waals surface area (Å²) in [5.41, 5.74) is 1.86. The maximum atomic E-state index is 11.6. The average Bonchev–Trinajstić information content (AvgIpc) is 2.91. The first kappa shape index (κ1) is 11.9. The van der Waals surface area contributed by atoms with Gasteiger partial charge in [-0.2, -0.15) is 9.35 Å². The highest BCUT2D eigenvalue weighted by Crippen LogP contribution is 2.22. The second-order valence-electron chi connectivity index (χ2n) is 4.53. The Morgan fingerprint density at radius 2 is 2.05 bits per heavy atom. The lowest BCUT2D eigenvalue weighted by Gasteiger charge is -1.89. The molecule has 0 bridgehead atoms. The molecule has 0 aliphatic heterocycles. The largest absolute Gasteiger partial charge is 0.352 e. The van der Waals surface area contributed by atoms with Crippen LogP contribution < -0.4 is 0 Å². The molecule has 0 radical (unpaired) electrons. The van der Waals surface area contributed by atoms with Crippen molar-refractivity contribution >= 4 is 26.6 Å². The van der Waals surface area contributed by atoms with E-state index in [2.05, 4.69) is 24.5 Å². The van der Waals surface area contributed by atoms with Gasteiger partial charge in [0, 0.05) is 33.1 Å². The molecule has 3 rings (SSSR count). The van der Waals surface area contributed by atoms with Gasteiger partial charge in [0.15, 0.2) is 5.82 Å². The minimum atomic E-state index is -2.25. The molecular weight excluding hydrogens is 262 g/mol. The van der Waals surface area contributed by atoms with Gasteiger partial charge in [0.25, 0.3) is 5.95 Å². The number of H-pyrrole nitrogens is 2. The molecule has 0 aliphatic carbocycles. The zero-order valence-electron chi connectivity index (χ0n) is 10.5. The number of benzene rings is 1. The first-order valence-corrected chi connectivity index (χ1v) is 8.02. The van der Waals surface area contributed by atoms with Crippen molar-refractivity contribution in [2.45, 2.75) is 0 Å². The molecule has 0 unspecified atom stereocenters. The maximum absolute atomic E-state index is 11.6. The SMILES string of the molecule is CS(C)(=O)=Nc1n[nH]c(-c2cc3ccccc3[nH]2)n1. The van der Waals surface area contributed by atoms with Crippen molar-refractivity contribution in [2.75, 3.05) is 12.5 Å². The van der Waals surface area contributed by atoms with E-state index in [0.717, 1.165) is 16.6 Å². The smallest absolute Gasteiger partial charge is 0.276 e. The Labute approximate surface area is 110 Å². The van der Waals surface area contributed by atoms with E-state index in [9.17, 15) is 4.21 Å². The maximum Gasteiger partial charge on any atom is 0.276 e. The lowest BCUT2D eigenvalue weighted by Crippen LogP contribution is -1.89. The third-order valence-corrected chi connectivity index (χ3v) is 3.16. The Bertz CT molecular complexity index is 813. The fourth-order valence-electron chi connectivity index (χ4n) is 1.81. The molecule has 0 amide bonds. The summed E-state index contributed by atoms with van der Waals surface area (Å²) in [6.07, 6.45) is 3.10. The molecule has 1 aromatic carbocycles. The molecule has 3 aromatic rings. The number of para-hydroxylation sites is 1. The highest BCUT2D eigenvalue weighted by Gasteiger charge is 2.08. The van der Waals surface area contributed by atoms with Crippen molar-refractivity contribution in [1.29, 1.82) is 0 Å². The highest BCUT2D eigenvalue weighted by atomic mass is 32.2.